The lowest BCUT2D eigenvalue weighted by Gasteiger charge is -2.08. The molecule has 2 rings (SSSR count). The van der Waals surface area contributed by atoms with Crippen molar-refractivity contribution in [1.82, 2.24) is 0 Å². The molecule has 0 saturated heterocycles. The van der Waals surface area contributed by atoms with Crippen molar-refractivity contribution in [3.05, 3.63) is 57.0 Å². The topological polar surface area (TPSA) is 29.1 Å². The Bertz CT molecular complexity index is 676. The summed E-state index contributed by atoms with van der Waals surface area (Å²) in [7, 11) is 0. The number of aryl methyl sites for hydroxylation is 1. The summed E-state index contributed by atoms with van der Waals surface area (Å²) < 4.78 is 0. The van der Waals surface area contributed by atoms with Crippen LogP contribution in [-0.2, 0) is 4.79 Å². The van der Waals surface area contributed by atoms with Gasteiger partial charge in [-0.3, -0.25) is 4.79 Å². The summed E-state index contributed by atoms with van der Waals surface area (Å²) in [6, 6.07) is 10.9. The van der Waals surface area contributed by atoms with Crippen LogP contribution in [0.3, 0.4) is 0 Å². The largest absolute Gasteiger partial charge is 0.325 e. The Morgan fingerprint density at radius 2 is 1.81 bits per heavy atom. The van der Waals surface area contributed by atoms with Crippen molar-refractivity contribution >= 4 is 58.2 Å². The van der Waals surface area contributed by atoms with Crippen LogP contribution in [0.4, 0.5) is 5.69 Å². The van der Waals surface area contributed by atoms with Crippen molar-refractivity contribution in [2.75, 3.05) is 11.1 Å². The summed E-state index contributed by atoms with van der Waals surface area (Å²) in [4.78, 5) is 12.7. The molecule has 0 radical (unpaired) electrons. The molecule has 6 heteroatoms. The third-order valence-corrected chi connectivity index (χ3v) is 4.84. The zero-order valence-electron chi connectivity index (χ0n) is 11.1. The van der Waals surface area contributed by atoms with Gasteiger partial charge >= 0.3 is 0 Å². The van der Waals surface area contributed by atoms with E-state index in [2.05, 4.69) is 5.32 Å². The second-order valence-corrected chi connectivity index (χ2v) is 6.64. The van der Waals surface area contributed by atoms with Crippen LogP contribution < -0.4 is 5.32 Å². The molecule has 1 amide bonds. The molecule has 0 aliphatic carbocycles. The number of halogens is 3. The van der Waals surface area contributed by atoms with E-state index in [0.717, 1.165) is 16.1 Å². The summed E-state index contributed by atoms with van der Waals surface area (Å²) in [5, 5.41) is 4.14. The number of thioether (sulfide) groups is 1. The second kappa shape index (κ2) is 7.41. The molecule has 0 heterocycles. The van der Waals surface area contributed by atoms with Gasteiger partial charge < -0.3 is 5.32 Å². The number of hydrogen-bond acceptors (Lipinski definition) is 2. The summed E-state index contributed by atoms with van der Waals surface area (Å²) >= 11 is 19.2. The maximum Gasteiger partial charge on any atom is 0.234 e. The first kappa shape index (κ1) is 16.5. The predicted molar refractivity (Wildman–Crippen MR) is 92.0 cm³/mol. The smallest absolute Gasteiger partial charge is 0.234 e. The first-order chi connectivity index (χ1) is 9.95. The van der Waals surface area contributed by atoms with Gasteiger partial charge in [0, 0.05) is 10.6 Å². The third-order valence-electron chi connectivity index (χ3n) is 2.64. The minimum absolute atomic E-state index is 0.104. The number of carbonyl (C=O) groups excluding carboxylic acids is 1. The van der Waals surface area contributed by atoms with E-state index in [4.69, 9.17) is 34.8 Å². The molecule has 0 aliphatic heterocycles. The normalized spacial score (nSPS) is 10.5. The molecule has 0 aliphatic rings. The van der Waals surface area contributed by atoms with E-state index in [1.807, 2.05) is 31.2 Å². The number of hydrogen-bond donors (Lipinski definition) is 1. The fourth-order valence-corrected chi connectivity index (χ4v) is 3.21. The second-order valence-electron chi connectivity index (χ2n) is 4.40. The molecule has 0 atom stereocenters. The summed E-state index contributed by atoms with van der Waals surface area (Å²) in [6.07, 6.45) is 0. The van der Waals surface area contributed by atoms with Gasteiger partial charge in [-0.15, -0.1) is 11.8 Å². The van der Waals surface area contributed by atoms with Crippen LogP contribution in [0.5, 0.6) is 0 Å². The number of nitrogens with one attached hydrogen (secondary N) is 1. The summed E-state index contributed by atoms with van der Waals surface area (Å²) in [5.41, 5.74) is 1.87. The number of anilines is 1. The molecule has 2 aromatic rings. The average Bonchev–Trinajstić information content (AvgIpc) is 2.41. The van der Waals surface area contributed by atoms with Crippen LogP contribution in [0, 0.1) is 6.92 Å². The van der Waals surface area contributed by atoms with Gasteiger partial charge in [0.2, 0.25) is 5.91 Å². The zero-order chi connectivity index (χ0) is 15.4. The van der Waals surface area contributed by atoms with Crippen LogP contribution in [-0.4, -0.2) is 11.7 Å². The maximum atomic E-state index is 11.9. The number of amides is 1. The molecule has 0 saturated carbocycles. The first-order valence-electron chi connectivity index (χ1n) is 6.09. The lowest BCUT2D eigenvalue weighted by molar-refractivity contribution is -0.113. The SMILES string of the molecule is Cc1cccc(NC(=O)CSc2cc(Cl)c(Cl)cc2Cl)c1. The van der Waals surface area contributed by atoms with E-state index in [1.54, 1.807) is 12.1 Å². The Kier molecular flexibility index (Phi) is 5.82. The third kappa shape index (κ3) is 4.82. The molecule has 2 aromatic carbocycles. The Labute approximate surface area is 142 Å². The monoisotopic (exact) mass is 359 g/mol. The Morgan fingerprint density at radius 3 is 2.52 bits per heavy atom. The van der Waals surface area contributed by atoms with Gasteiger partial charge in [-0.05, 0) is 36.8 Å². The highest BCUT2D eigenvalue weighted by molar-refractivity contribution is 8.00. The highest BCUT2D eigenvalue weighted by Gasteiger charge is 2.09. The Balaban J connectivity index is 1.97. The van der Waals surface area contributed by atoms with E-state index in [-0.39, 0.29) is 11.7 Å². The van der Waals surface area contributed by atoms with Gasteiger partial charge in [-0.1, -0.05) is 46.9 Å². The van der Waals surface area contributed by atoms with Crippen LogP contribution >= 0.6 is 46.6 Å². The summed E-state index contributed by atoms with van der Waals surface area (Å²) in [6.45, 7) is 1.97. The van der Waals surface area contributed by atoms with Crippen molar-refractivity contribution in [2.24, 2.45) is 0 Å². The molecular formula is C15H12Cl3NOS. The molecule has 0 spiro atoms. The molecule has 21 heavy (non-hydrogen) atoms. The van der Waals surface area contributed by atoms with Gasteiger partial charge in [0.05, 0.1) is 20.8 Å². The van der Waals surface area contributed by atoms with Gasteiger partial charge in [-0.2, -0.15) is 0 Å². The minimum Gasteiger partial charge on any atom is -0.325 e. The lowest BCUT2D eigenvalue weighted by Crippen LogP contribution is -2.14. The molecule has 0 bridgehead atoms. The van der Waals surface area contributed by atoms with Crippen molar-refractivity contribution in [3.8, 4) is 0 Å². The molecule has 0 aromatic heterocycles. The van der Waals surface area contributed by atoms with Crippen molar-refractivity contribution in [3.63, 3.8) is 0 Å². The number of carbonyl (C=O) groups is 1. The fraction of sp³-hybridized carbons (Fsp3) is 0.133. The van der Waals surface area contributed by atoms with Gasteiger partial charge in [0.1, 0.15) is 0 Å². The van der Waals surface area contributed by atoms with Crippen LogP contribution in [0.15, 0.2) is 41.3 Å². The molecule has 1 N–H and O–H groups in total. The molecular weight excluding hydrogens is 349 g/mol. The van der Waals surface area contributed by atoms with Crippen molar-refractivity contribution < 1.29 is 4.79 Å². The lowest BCUT2D eigenvalue weighted by atomic mass is 10.2. The van der Waals surface area contributed by atoms with E-state index >= 15 is 0 Å². The maximum absolute atomic E-state index is 11.9. The quantitative estimate of drug-likeness (QED) is 0.561. The molecule has 0 fully saturated rings. The van der Waals surface area contributed by atoms with E-state index in [1.165, 1.54) is 11.8 Å². The highest BCUT2D eigenvalue weighted by Crippen LogP contribution is 2.34. The van der Waals surface area contributed by atoms with Crippen LogP contribution in [0.1, 0.15) is 5.56 Å². The van der Waals surface area contributed by atoms with Gasteiger partial charge in [-0.25, -0.2) is 0 Å². The standard InChI is InChI=1S/C15H12Cl3NOS/c1-9-3-2-4-10(5-9)19-15(20)8-21-14-7-12(17)11(16)6-13(14)18/h2-7H,8H2,1H3,(H,19,20). The van der Waals surface area contributed by atoms with E-state index < -0.39 is 0 Å². The van der Waals surface area contributed by atoms with E-state index in [9.17, 15) is 4.79 Å². The van der Waals surface area contributed by atoms with Gasteiger partial charge in [0.25, 0.3) is 0 Å². The molecule has 2 nitrogen and oxygen atoms in total. The Morgan fingerprint density at radius 1 is 1.10 bits per heavy atom. The predicted octanol–water partition coefficient (Wildman–Crippen LogP) is 5.69. The number of benzene rings is 2. The fourth-order valence-electron chi connectivity index (χ4n) is 1.68. The van der Waals surface area contributed by atoms with Gasteiger partial charge in [0.15, 0.2) is 0 Å². The summed E-state index contributed by atoms with van der Waals surface area (Å²) in [5.74, 6) is 0.138. The van der Waals surface area contributed by atoms with Crippen molar-refractivity contribution in [2.45, 2.75) is 11.8 Å². The average molecular weight is 361 g/mol. The Hall–Kier alpha value is -0.870. The highest BCUT2D eigenvalue weighted by atomic mass is 35.5. The zero-order valence-corrected chi connectivity index (χ0v) is 14.2. The first-order valence-corrected chi connectivity index (χ1v) is 8.21. The van der Waals surface area contributed by atoms with E-state index in [0.29, 0.717) is 15.1 Å². The number of rotatable bonds is 4. The molecule has 0 unspecified atom stereocenters. The molecule has 110 valence electrons. The minimum atomic E-state index is -0.104. The van der Waals surface area contributed by atoms with Crippen molar-refractivity contribution in [1.29, 1.82) is 0 Å². The van der Waals surface area contributed by atoms with Crippen LogP contribution in [0.2, 0.25) is 15.1 Å². The van der Waals surface area contributed by atoms with Crippen LogP contribution in [0.25, 0.3) is 0 Å².